The van der Waals surface area contributed by atoms with Gasteiger partial charge in [-0.15, -0.1) is 11.6 Å². The second kappa shape index (κ2) is 5.35. The molecular weight excluding hydrogens is 331 g/mol. The molecule has 8 heteroatoms. The molecule has 1 atom stereocenters. The van der Waals surface area contributed by atoms with E-state index in [1.807, 2.05) is 0 Å². The van der Waals surface area contributed by atoms with Crippen molar-refractivity contribution in [1.29, 1.82) is 0 Å². The Kier molecular flexibility index (Phi) is 3.81. The summed E-state index contributed by atoms with van der Waals surface area (Å²) in [5.41, 5.74) is -0.350. The number of hydrogen-bond acceptors (Lipinski definition) is 4. The molecule has 1 fully saturated rings. The molecular formula is C13H14Cl2N4OS. The van der Waals surface area contributed by atoms with Crippen LogP contribution in [-0.2, 0) is 13.0 Å². The summed E-state index contributed by atoms with van der Waals surface area (Å²) in [5.74, 6) is 0. The van der Waals surface area contributed by atoms with E-state index in [1.165, 1.54) is 6.33 Å². The number of alkyl halides is 1. The molecule has 1 unspecified atom stereocenters. The van der Waals surface area contributed by atoms with Crippen molar-refractivity contribution >= 4 is 35.4 Å². The third-order valence-corrected chi connectivity index (χ3v) is 5.30. The molecule has 0 aliphatic heterocycles. The number of rotatable bonds is 5. The first kappa shape index (κ1) is 15.0. The second-order valence-corrected chi connectivity index (χ2v) is 6.89. The maximum atomic E-state index is 11.2. The first-order valence-corrected chi connectivity index (χ1v) is 7.70. The van der Waals surface area contributed by atoms with E-state index in [2.05, 4.69) is 15.1 Å². The Bertz CT molecular complexity index is 712. The molecule has 2 N–H and O–H groups in total. The lowest BCUT2D eigenvalue weighted by Crippen LogP contribution is -2.47. The minimum Gasteiger partial charge on any atom is -0.386 e. The van der Waals surface area contributed by atoms with Crippen molar-refractivity contribution in [3.05, 3.63) is 40.1 Å². The van der Waals surface area contributed by atoms with Crippen LogP contribution in [0.25, 0.3) is 0 Å². The molecule has 0 aromatic carbocycles. The monoisotopic (exact) mass is 344 g/mol. The van der Waals surface area contributed by atoms with Gasteiger partial charge in [-0.2, -0.15) is 0 Å². The van der Waals surface area contributed by atoms with E-state index in [4.69, 9.17) is 35.4 Å². The summed E-state index contributed by atoms with van der Waals surface area (Å²) in [6.45, 7) is 0.244. The molecule has 1 aliphatic rings. The van der Waals surface area contributed by atoms with E-state index in [0.29, 0.717) is 16.2 Å². The topological polar surface area (TPSA) is 66.7 Å². The fraction of sp³-hybridized carbons (Fsp3) is 0.462. The number of aliphatic hydroxyl groups is 1. The fourth-order valence-corrected chi connectivity index (χ4v) is 3.02. The summed E-state index contributed by atoms with van der Waals surface area (Å²) in [6, 6.07) is 1.79. The van der Waals surface area contributed by atoms with Crippen LogP contribution in [0.15, 0.2) is 24.8 Å². The van der Waals surface area contributed by atoms with Gasteiger partial charge in [0, 0.05) is 18.8 Å². The van der Waals surface area contributed by atoms with E-state index in [1.54, 1.807) is 23.1 Å². The molecule has 0 radical (unpaired) electrons. The van der Waals surface area contributed by atoms with Crippen molar-refractivity contribution in [1.82, 2.24) is 19.7 Å². The van der Waals surface area contributed by atoms with Crippen molar-refractivity contribution in [3.8, 4) is 0 Å². The zero-order valence-electron chi connectivity index (χ0n) is 11.1. The van der Waals surface area contributed by atoms with Crippen LogP contribution in [0.1, 0.15) is 18.4 Å². The predicted molar refractivity (Wildman–Crippen MR) is 83.1 cm³/mol. The van der Waals surface area contributed by atoms with Gasteiger partial charge in [0.2, 0.25) is 4.77 Å². The smallest absolute Gasteiger partial charge is 0.215 e. The van der Waals surface area contributed by atoms with E-state index in [-0.39, 0.29) is 6.54 Å². The summed E-state index contributed by atoms with van der Waals surface area (Å²) in [5, 5.41) is 14.6. The third-order valence-electron chi connectivity index (χ3n) is 3.90. The maximum absolute atomic E-state index is 11.2. The van der Waals surface area contributed by atoms with Gasteiger partial charge in [-0.25, -0.2) is 4.98 Å². The number of H-pyrrole nitrogens is 1. The standard InChI is InChI=1S/C13H14Cl2N4OS/c14-10-6-16-4-1-9(10)5-13(20,12(15)2-3-12)7-19-11(21)17-8-18-19/h1,4,6,8,20H,2-3,5,7H2,(H,17,18,21). The Labute approximate surface area is 136 Å². The second-order valence-electron chi connectivity index (χ2n) is 5.40. The summed E-state index contributed by atoms with van der Waals surface area (Å²) < 4.78 is 2.00. The van der Waals surface area contributed by atoms with E-state index < -0.39 is 10.5 Å². The molecule has 0 bridgehead atoms. The van der Waals surface area contributed by atoms with Gasteiger partial charge in [-0.1, -0.05) is 11.6 Å². The third kappa shape index (κ3) is 2.85. The lowest BCUT2D eigenvalue weighted by Gasteiger charge is -2.33. The van der Waals surface area contributed by atoms with Gasteiger partial charge in [0.15, 0.2) is 0 Å². The van der Waals surface area contributed by atoms with Gasteiger partial charge < -0.3 is 5.11 Å². The first-order valence-electron chi connectivity index (χ1n) is 6.53. The average Bonchev–Trinajstić information content (AvgIpc) is 3.09. The van der Waals surface area contributed by atoms with Crippen LogP contribution in [0.2, 0.25) is 5.02 Å². The van der Waals surface area contributed by atoms with Crippen LogP contribution in [0.5, 0.6) is 0 Å². The zero-order chi connectivity index (χ0) is 15.1. The molecule has 2 aromatic heterocycles. The summed E-state index contributed by atoms with van der Waals surface area (Å²) in [4.78, 5) is 7.26. The molecule has 3 rings (SSSR count). The fourth-order valence-electron chi connectivity index (χ4n) is 2.45. The SMILES string of the molecule is OC(Cc1ccncc1Cl)(Cn1[nH]cnc1=S)C1(Cl)CC1. The van der Waals surface area contributed by atoms with E-state index in [0.717, 1.165) is 18.4 Å². The van der Waals surface area contributed by atoms with Crippen LogP contribution in [-0.4, -0.2) is 35.3 Å². The molecule has 21 heavy (non-hydrogen) atoms. The number of aromatic amines is 1. The van der Waals surface area contributed by atoms with Gasteiger partial charge in [0.05, 0.1) is 16.4 Å². The molecule has 5 nitrogen and oxygen atoms in total. The Morgan fingerprint density at radius 2 is 2.29 bits per heavy atom. The average molecular weight is 345 g/mol. The Balaban J connectivity index is 1.93. The molecule has 0 amide bonds. The highest BCUT2D eigenvalue weighted by Gasteiger charge is 2.58. The van der Waals surface area contributed by atoms with Gasteiger partial charge in [0.1, 0.15) is 11.9 Å². The number of aromatic nitrogens is 4. The van der Waals surface area contributed by atoms with Crippen LogP contribution in [0.4, 0.5) is 0 Å². The molecule has 112 valence electrons. The minimum absolute atomic E-state index is 0.244. The van der Waals surface area contributed by atoms with Crippen molar-refractivity contribution in [2.45, 2.75) is 36.3 Å². The first-order chi connectivity index (χ1) is 9.94. The molecule has 0 saturated heterocycles. The zero-order valence-corrected chi connectivity index (χ0v) is 13.4. The van der Waals surface area contributed by atoms with Gasteiger partial charge in [0.25, 0.3) is 0 Å². The van der Waals surface area contributed by atoms with E-state index >= 15 is 0 Å². The largest absolute Gasteiger partial charge is 0.386 e. The normalized spacial score (nSPS) is 19.2. The molecule has 1 aliphatic carbocycles. The van der Waals surface area contributed by atoms with Gasteiger partial charge in [-0.05, 0) is 36.7 Å². The number of nitrogens with one attached hydrogen (secondary N) is 1. The lowest BCUT2D eigenvalue weighted by atomic mass is 9.89. The summed E-state index contributed by atoms with van der Waals surface area (Å²) >= 11 is 17.8. The summed E-state index contributed by atoms with van der Waals surface area (Å²) in [6.07, 6.45) is 6.56. The summed E-state index contributed by atoms with van der Waals surface area (Å²) in [7, 11) is 0. The number of nitrogens with zero attached hydrogens (tertiary/aromatic N) is 3. The van der Waals surface area contributed by atoms with Gasteiger partial charge >= 0.3 is 0 Å². The quantitative estimate of drug-likeness (QED) is 0.646. The van der Waals surface area contributed by atoms with Crippen LogP contribution in [0, 0.1) is 4.77 Å². The predicted octanol–water partition coefficient (Wildman–Crippen LogP) is 2.73. The molecule has 2 heterocycles. The molecule has 2 aromatic rings. The lowest BCUT2D eigenvalue weighted by molar-refractivity contribution is 0.00727. The van der Waals surface area contributed by atoms with Crippen molar-refractivity contribution in [2.24, 2.45) is 0 Å². The molecule has 1 saturated carbocycles. The Morgan fingerprint density at radius 3 is 2.86 bits per heavy atom. The van der Waals surface area contributed by atoms with Crippen molar-refractivity contribution < 1.29 is 5.11 Å². The van der Waals surface area contributed by atoms with E-state index in [9.17, 15) is 5.11 Å². The Morgan fingerprint density at radius 1 is 1.52 bits per heavy atom. The highest BCUT2D eigenvalue weighted by Crippen LogP contribution is 2.53. The van der Waals surface area contributed by atoms with Crippen molar-refractivity contribution in [2.75, 3.05) is 0 Å². The number of pyridine rings is 1. The number of halogens is 2. The highest BCUT2D eigenvalue weighted by molar-refractivity contribution is 7.71. The highest BCUT2D eigenvalue weighted by atomic mass is 35.5. The minimum atomic E-state index is -1.16. The Hall–Kier alpha value is -0.950. The van der Waals surface area contributed by atoms with Crippen molar-refractivity contribution in [3.63, 3.8) is 0 Å². The van der Waals surface area contributed by atoms with Gasteiger partial charge in [-0.3, -0.25) is 14.8 Å². The van der Waals surface area contributed by atoms with Crippen LogP contribution in [0.3, 0.4) is 0 Å². The maximum Gasteiger partial charge on any atom is 0.215 e. The van der Waals surface area contributed by atoms with Crippen LogP contribution < -0.4 is 0 Å². The van der Waals surface area contributed by atoms with Crippen LogP contribution >= 0.6 is 35.4 Å². The number of hydrogen-bond donors (Lipinski definition) is 2. The molecule has 0 spiro atoms.